The predicted molar refractivity (Wildman–Crippen MR) is 125 cm³/mol. The highest BCUT2D eigenvalue weighted by Crippen LogP contribution is 2.37. The predicted octanol–water partition coefficient (Wildman–Crippen LogP) is 4.13. The van der Waals surface area contributed by atoms with Gasteiger partial charge in [-0.1, -0.05) is 12.1 Å². The first-order chi connectivity index (χ1) is 15.6. The Labute approximate surface area is 193 Å². The van der Waals surface area contributed by atoms with Gasteiger partial charge in [-0.25, -0.2) is 9.37 Å². The number of fused-ring (bicyclic) bond motifs is 1. The molecular formula is C25H27BFN3O3. The van der Waals surface area contributed by atoms with Crippen LogP contribution in [0.15, 0.2) is 34.7 Å². The van der Waals surface area contributed by atoms with Gasteiger partial charge in [-0.15, -0.1) is 0 Å². The molecule has 2 aliphatic rings. The number of aromatic nitrogens is 1. The summed E-state index contributed by atoms with van der Waals surface area (Å²) in [6.45, 7) is 11.6. The van der Waals surface area contributed by atoms with E-state index in [4.69, 9.17) is 18.7 Å². The van der Waals surface area contributed by atoms with Crippen molar-refractivity contribution in [3.63, 3.8) is 0 Å². The Kier molecular flexibility index (Phi) is 5.13. The van der Waals surface area contributed by atoms with Gasteiger partial charge in [-0.3, -0.25) is 4.90 Å². The summed E-state index contributed by atoms with van der Waals surface area (Å²) in [4.78, 5) is 6.72. The van der Waals surface area contributed by atoms with Crippen LogP contribution in [0.25, 0.3) is 22.6 Å². The molecule has 1 aromatic heterocycles. The highest BCUT2D eigenvalue weighted by Gasteiger charge is 2.52. The quantitative estimate of drug-likeness (QED) is 0.561. The standard InChI is InChI=1S/C25H27BFN3O3/c1-15-19(7-6-8-20(15)26-32-24(2,3)25(4,5)33-26)23-29-21-10-16(12-30-13-18(27)14-30)9-17(11-28)22(21)31-23/h6-10,18H,12-14H2,1-5H3. The van der Waals surface area contributed by atoms with Crippen LogP contribution in [0, 0.1) is 18.3 Å². The lowest BCUT2D eigenvalue weighted by Crippen LogP contribution is -2.47. The van der Waals surface area contributed by atoms with E-state index in [1.165, 1.54) is 0 Å². The van der Waals surface area contributed by atoms with Gasteiger partial charge in [0.1, 0.15) is 17.8 Å². The van der Waals surface area contributed by atoms with E-state index in [9.17, 15) is 9.65 Å². The number of halogens is 1. The molecule has 0 unspecified atom stereocenters. The molecule has 170 valence electrons. The highest BCUT2D eigenvalue weighted by atomic mass is 19.1. The van der Waals surface area contributed by atoms with E-state index in [2.05, 4.69) is 6.07 Å². The van der Waals surface area contributed by atoms with Crippen LogP contribution in [-0.4, -0.2) is 47.5 Å². The number of alkyl halides is 1. The fraction of sp³-hybridized carbons (Fsp3) is 0.440. The molecule has 0 spiro atoms. The van der Waals surface area contributed by atoms with Gasteiger partial charge in [0.25, 0.3) is 0 Å². The van der Waals surface area contributed by atoms with Crippen molar-refractivity contribution >= 4 is 23.7 Å². The van der Waals surface area contributed by atoms with Crippen LogP contribution in [0.1, 0.15) is 44.4 Å². The number of oxazole rings is 1. The average molecular weight is 447 g/mol. The van der Waals surface area contributed by atoms with Crippen molar-refractivity contribution in [3.8, 4) is 17.5 Å². The van der Waals surface area contributed by atoms with Gasteiger partial charge < -0.3 is 13.7 Å². The molecule has 2 fully saturated rings. The van der Waals surface area contributed by atoms with Gasteiger partial charge >= 0.3 is 7.12 Å². The first-order valence-electron chi connectivity index (χ1n) is 11.2. The zero-order valence-electron chi connectivity index (χ0n) is 19.6. The van der Waals surface area contributed by atoms with Crippen molar-refractivity contribution in [2.24, 2.45) is 0 Å². The summed E-state index contributed by atoms with van der Waals surface area (Å²) >= 11 is 0. The molecule has 0 radical (unpaired) electrons. The topological polar surface area (TPSA) is 71.5 Å². The number of hydrogen-bond acceptors (Lipinski definition) is 6. The summed E-state index contributed by atoms with van der Waals surface area (Å²) in [7, 11) is -0.489. The van der Waals surface area contributed by atoms with Gasteiger partial charge in [-0.2, -0.15) is 5.26 Å². The Bertz CT molecular complexity index is 1260. The van der Waals surface area contributed by atoms with E-state index in [1.807, 2.05) is 63.8 Å². The van der Waals surface area contributed by atoms with Crippen LogP contribution < -0.4 is 5.46 Å². The smallest absolute Gasteiger partial charge is 0.435 e. The molecule has 2 saturated heterocycles. The van der Waals surface area contributed by atoms with Crippen LogP contribution in [0.5, 0.6) is 0 Å². The molecule has 6 nitrogen and oxygen atoms in total. The minimum absolute atomic E-state index is 0.425. The van der Waals surface area contributed by atoms with Gasteiger partial charge in [0, 0.05) is 25.2 Å². The van der Waals surface area contributed by atoms with Crippen LogP contribution in [0.2, 0.25) is 0 Å². The summed E-state index contributed by atoms with van der Waals surface area (Å²) < 4.78 is 31.8. The third-order valence-electron chi connectivity index (χ3n) is 7.10. The molecule has 33 heavy (non-hydrogen) atoms. The molecule has 2 aliphatic heterocycles. The Morgan fingerprint density at radius 1 is 1.18 bits per heavy atom. The van der Waals surface area contributed by atoms with Gasteiger partial charge in [0.15, 0.2) is 5.58 Å². The number of nitriles is 1. The Hall–Kier alpha value is -2.73. The van der Waals surface area contributed by atoms with Crippen LogP contribution >= 0.6 is 0 Å². The van der Waals surface area contributed by atoms with E-state index in [0.717, 1.165) is 22.2 Å². The molecule has 5 rings (SSSR count). The lowest BCUT2D eigenvalue weighted by atomic mass is 9.75. The number of hydrogen-bond donors (Lipinski definition) is 0. The van der Waals surface area contributed by atoms with Crippen molar-refractivity contribution in [2.45, 2.75) is 58.5 Å². The lowest BCUT2D eigenvalue weighted by Gasteiger charge is -2.34. The monoisotopic (exact) mass is 447 g/mol. The summed E-state index contributed by atoms with van der Waals surface area (Å²) in [5.74, 6) is 0.447. The molecule has 0 amide bonds. The molecule has 2 aromatic carbocycles. The van der Waals surface area contributed by atoms with E-state index in [1.54, 1.807) is 6.07 Å². The highest BCUT2D eigenvalue weighted by molar-refractivity contribution is 6.62. The normalized spacial score (nSPS) is 20.2. The number of nitrogens with zero attached hydrogens (tertiary/aromatic N) is 3. The largest absolute Gasteiger partial charge is 0.495 e. The van der Waals surface area contributed by atoms with Crippen molar-refractivity contribution < 1.29 is 18.1 Å². The Morgan fingerprint density at radius 2 is 1.88 bits per heavy atom. The fourth-order valence-electron chi connectivity index (χ4n) is 4.39. The van der Waals surface area contributed by atoms with Crippen LogP contribution in [0.3, 0.4) is 0 Å². The Morgan fingerprint density at radius 3 is 2.52 bits per heavy atom. The second-order valence-electron chi connectivity index (χ2n) is 10.0. The average Bonchev–Trinajstić information content (AvgIpc) is 3.23. The Balaban J connectivity index is 1.51. The molecule has 0 atom stereocenters. The van der Waals surface area contributed by atoms with Crippen molar-refractivity contribution in [1.82, 2.24) is 9.88 Å². The van der Waals surface area contributed by atoms with E-state index >= 15 is 0 Å². The molecule has 0 aliphatic carbocycles. The molecule has 0 bridgehead atoms. The van der Waals surface area contributed by atoms with Crippen LogP contribution in [0.4, 0.5) is 4.39 Å². The second-order valence-corrected chi connectivity index (χ2v) is 10.0. The zero-order chi connectivity index (χ0) is 23.5. The minimum atomic E-state index is -0.762. The van der Waals surface area contributed by atoms with Gasteiger partial charge in [0.05, 0.1) is 16.8 Å². The van der Waals surface area contributed by atoms with E-state index in [-0.39, 0.29) is 0 Å². The maximum atomic E-state index is 13.2. The lowest BCUT2D eigenvalue weighted by molar-refractivity contribution is 0.00578. The third kappa shape index (κ3) is 3.74. The number of benzene rings is 2. The van der Waals surface area contributed by atoms with E-state index < -0.39 is 24.5 Å². The van der Waals surface area contributed by atoms with Gasteiger partial charge in [-0.05, 0) is 69.4 Å². The molecule has 0 saturated carbocycles. The van der Waals surface area contributed by atoms with Crippen molar-refractivity contribution in [2.75, 3.05) is 13.1 Å². The summed E-state index contributed by atoms with van der Waals surface area (Å²) in [5, 5.41) is 9.68. The first-order valence-corrected chi connectivity index (χ1v) is 11.2. The summed E-state index contributed by atoms with van der Waals surface area (Å²) in [6.07, 6.45) is -0.762. The second kappa shape index (κ2) is 7.66. The molecular weight excluding hydrogens is 420 g/mol. The minimum Gasteiger partial charge on any atom is -0.435 e. The van der Waals surface area contributed by atoms with Crippen molar-refractivity contribution in [3.05, 3.63) is 47.0 Å². The maximum Gasteiger partial charge on any atom is 0.495 e. The van der Waals surface area contributed by atoms with E-state index in [0.29, 0.717) is 42.2 Å². The third-order valence-corrected chi connectivity index (χ3v) is 7.10. The fourth-order valence-corrected chi connectivity index (χ4v) is 4.39. The van der Waals surface area contributed by atoms with Crippen LogP contribution in [-0.2, 0) is 15.9 Å². The summed E-state index contributed by atoms with van der Waals surface area (Å²) in [6, 6.07) is 11.8. The zero-order valence-corrected chi connectivity index (χ0v) is 19.6. The number of rotatable bonds is 4. The molecule has 3 heterocycles. The molecule has 3 aromatic rings. The van der Waals surface area contributed by atoms with Gasteiger partial charge in [0.2, 0.25) is 5.89 Å². The summed E-state index contributed by atoms with van der Waals surface area (Å²) in [5.41, 5.74) is 4.27. The number of likely N-dealkylation sites (tertiary alicyclic amines) is 1. The molecule has 0 N–H and O–H groups in total. The molecule has 8 heteroatoms. The maximum absolute atomic E-state index is 13.2. The van der Waals surface area contributed by atoms with Crippen molar-refractivity contribution in [1.29, 1.82) is 5.26 Å². The first kappa shape index (κ1) is 22.1. The SMILES string of the molecule is Cc1c(B2OC(C)(C)C(C)(C)O2)cccc1-c1nc2cc(CN3CC(F)C3)cc(C#N)c2o1.